The number of hydrogen-bond donors (Lipinski definition) is 2. The number of benzene rings is 1. The molecule has 0 fully saturated rings. The number of amides is 1. The summed E-state index contributed by atoms with van der Waals surface area (Å²) >= 11 is 0. The van der Waals surface area contributed by atoms with Gasteiger partial charge in [-0.3, -0.25) is 9.59 Å². The van der Waals surface area contributed by atoms with Crippen molar-refractivity contribution in [3.63, 3.8) is 0 Å². The van der Waals surface area contributed by atoms with Crippen LogP contribution in [0.25, 0.3) is 0 Å². The molecule has 8 heteroatoms. The lowest BCUT2D eigenvalue weighted by molar-refractivity contribution is -0.137. The fourth-order valence-electron chi connectivity index (χ4n) is 1.92. The van der Waals surface area contributed by atoms with Gasteiger partial charge in [0.2, 0.25) is 5.43 Å². The first-order valence-corrected chi connectivity index (χ1v) is 6.52. The molecule has 0 aliphatic rings. The maximum Gasteiger partial charge on any atom is 0.416 e. The lowest BCUT2D eigenvalue weighted by Crippen LogP contribution is -2.25. The second kappa shape index (κ2) is 6.15. The van der Waals surface area contributed by atoms with Crippen LogP contribution in [0.15, 0.2) is 41.3 Å². The van der Waals surface area contributed by atoms with Gasteiger partial charge in [-0.1, -0.05) is 0 Å². The average Bonchev–Trinajstić information content (AvgIpc) is 2.48. The minimum Gasteiger partial charge on any atom is -0.503 e. The summed E-state index contributed by atoms with van der Waals surface area (Å²) in [7, 11) is 1.58. The Morgan fingerprint density at radius 3 is 2.43 bits per heavy atom. The van der Waals surface area contributed by atoms with Crippen LogP contribution in [0.2, 0.25) is 0 Å². The fraction of sp³-hybridized carbons (Fsp3) is 0.200. The van der Waals surface area contributed by atoms with Gasteiger partial charge in [0.25, 0.3) is 5.91 Å². The van der Waals surface area contributed by atoms with E-state index >= 15 is 0 Å². The predicted octanol–water partition coefficient (Wildman–Crippen LogP) is 2.04. The van der Waals surface area contributed by atoms with Crippen molar-refractivity contribution in [3.05, 3.63) is 63.6 Å². The number of nitrogens with one attached hydrogen (secondary N) is 1. The summed E-state index contributed by atoms with van der Waals surface area (Å²) in [6, 6.07) is 4.97. The maximum absolute atomic E-state index is 12.5. The zero-order valence-corrected chi connectivity index (χ0v) is 12.0. The summed E-state index contributed by atoms with van der Waals surface area (Å²) in [6.45, 7) is -0.00806. The van der Waals surface area contributed by atoms with Crippen molar-refractivity contribution < 1.29 is 23.1 Å². The van der Waals surface area contributed by atoms with Gasteiger partial charge in [-0.05, 0) is 24.3 Å². The minimum atomic E-state index is -4.46. The lowest BCUT2D eigenvalue weighted by Gasteiger charge is -2.11. The third kappa shape index (κ3) is 3.91. The first-order chi connectivity index (χ1) is 10.7. The van der Waals surface area contributed by atoms with Crippen LogP contribution in [-0.4, -0.2) is 15.6 Å². The van der Waals surface area contributed by atoms with Crippen molar-refractivity contribution >= 4 is 5.91 Å². The molecule has 0 aliphatic carbocycles. The van der Waals surface area contributed by atoms with Gasteiger partial charge in [-0.25, -0.2) is 0 Å². The number of pyridine rings is 1. The van der Waals surface area contributed by atoms with E-state index in [1.54, 1.807) is 7.05 Å². The number of carbonyl (C=O) groups excluding carboxylic acids is 1. The van der Waals surface area contributed by atoms with Crippen LogP contribution in [0.5, 0.6) is 5.75 Å². The summed E-state index contributed by atoms with van der Waals surface area (Å²) in [5.41, 5.74) is -0.910. The SMILES string of the molecule is Cn1cc(O)c(=O)cc1CNC(=O)c1ccc(C(F)(F)F)cc1. The molecule has 1 aromatic heterocycles. The van der Waals surface area contributed by atoms with Gasteiger partial charge < -0.3 is 15.0 Å². The highest BCUT2D eigenvalue weighted by atomic mass is 19.4. The Bertz CT molecular complexity index is 780. The summed E-state index contributed by atoms with van der Waals surface area (Å²) in [5, 5.41) is 11.8. The quantitative estimate of drug-likeness (QED) is 0.907. The molecule has 0 spiro atoms. The van der Waals surface area contributed by atoms with E-state index in [1.807, 2.05) is 0 Å². The zero-order chi connectivity index (χ0) is 17.2. The lowest BCUT2D eigenvalue weighted by atomic mass is 10.1. The maximum atomic E-state index is 12.5. The molecule has 1 amide bonds. The third-order valence-electron chi connectivity index (χ3n) is 3.22. The van der Waals surface area contributed by atoms with E-state index in [-0.39, 0.29) is 12.1 Å². The molecule has 0 radical (unpaired) electrons. The molecule has 0 unspecified atom stereocenters. The number of nitrogens with zero attached hydrogens (tertiary/aromatic N) is 1. The molecule has 0 bridgehead atoms. The van der Waals surface area contributed by atoms with Gasteiger partial charge in [0, 0.05) is 30.6 Å². The highest BCUT2D eigenvalue weighted by Gasteiger charge is 2.30. The van der Waals surface area contributed by atoms with Gasteiger partial charge in [0.15, 0.2) is 5.75 Å². The van der Waals surface area contributed by atoms with Crippen molar-refractivity contribution in [1.29, 1.82) is 0 Å². The number of aromatic nitrogens is 1. The normalized spacial score (nSPS) is 11.3. The van der Waals surface area contributed by atoms with Crippen molar-refractivity contribution in [1.82, 2.24) is 9.88 Å². The second-order valence-corrected chi connectivity index (χ2v) is 4.88. The van der Waals surface area contributed by atoms with Crippen molar-refractivity contribution in [2.45, 2.75) is 12.7 Å². The molecular formula is C15H13F3N2O3. The van der Waals surface area contributed by atoms with Crippen LogP contribution in [0, 0.1) is 0 Å². The average molecular weight is 326 g/mol. The Hall–Kier alpha value is -2.77. The van der Waals surface area contributed by atoms with Crippen molar-refractivity contribution in [2.24, 2.45) is 7.05 Å². The molecule has 1 aromatic carbocycles. The highest BCUT2D eigenvalue weighted by Crippen LogP contribution is 2.29. The van der Waals surface area contributed by atoms with Gasteiger partial charge in [0.05, 0.1) is 12.1 Å². The van der Waals surface area contributed by atoms with Crippen LogP contribution in [0.3, 0.4) is 0 Å². The van der Waals surface area contributed by atoms with Crippen molar-refractivity contribution in [3.8, 4) is 5.75 Å². The molecule has 23 heavy (non-hydrogen) atoms. The van der Waals surface area contributed by atoms with E-state index < -0.39 is 28.8 Å². The fourth-order valence-corrected chi connectivity index (χ4v) is 1.92. The van der Waals surface area contributed by atoms with Crippen LogP contribution < -0.4 is 10.7 Å². The zero-order valence-electron chi connectivity index (χ0n) is 12.0. The number of rotatable bonds is 3. The summed E-state index contributed by atoms with van der Waals surface area (Å²) in [4.78, 5) is 23.3. The van der Waals surface area contributed by atoms with E-state index in [0.29, 0.717) is 5.69 Å². The standard InChI is InChI=1S/C15H13F3N2O3/c1-20-8-13(22)12(21)6-11(20)7-19-14(23)9-2-4-10(5-3-9)15(16,17)18/h2-6,8,22H,7H2,1H3,(H,19,23). The molecule has 0 saturated carbocycles. The Labute approximate surface area is 129 Å². The summed E-state index contributed by atoms with van der Waals surface area (Å²) in [5.74, 6) is -0.982. The van der Waals surface area contributed by atoms with E-state index in [0.717, 1.165) is 24.3 Å². The monoisotopic (exact) mass is 326 g/mol. The van der Waals surface area contributed by atoms with Crippen LogP contribution >= 0.6 is 0 Å². The molecule has 1 heterocycles. The van der Waals surface area contributed by atoms with Gasteiger partial charge in [-0.15, -0.1) is 0 Å². The molecular weight excluding hydrogens is 313 g/mol. The van der Waals surface area contributed by atoms with Gasteiger partial charge in [-0.2, -0.15) is 13.2 Å². The molecule has 2 N–H and O–H groups in total. The number of halogens is 3. The highest BCUT2D eigenvalue weighted by molar-refractivity contribution is 5.94. The number of hydrogen-bond acceptors (Lipinski definition) is 3. The van der Waals surface area contributed by atoms with Crippen molar-refractivity contribution in [2.75, 3.05) is 0 Å². The summed E-state index contributed by atoms with van der Waals surface area (Å²) in [6.07, 6.45) is -3.25. The van der Waals surface area contributed by atoms with Crippen LogP contribution in [-0.2, 0) is 19.8 Å². The van der Waals surface area contributed by atoms with E-state index in [1.165, 1.54) is 16.8 Å². The second-order valence-electron chi connectivity index (χ2n) is 4.88. The number of alkyl halides is 3. The third-order valence-corrected chi connectivity index (χ3v) is 3.22. The van der Waals surface area contributed by atoms with Crippen LogP contribution in [0.4, 0.5) is 13.2 Å². The van der Waals surface area contributed by atoms with E-state index in [2.05, 4.69) is 5.32 Å². The van der Waals surface area contributed by atoms with E-state index in [4.69, 9.17) is 0 Å². The van der Waals surface area contributed by atoms with Crippen LogP contribution in [0.1, 0.15) is 21.6 Å². The Morgan fingerprint density at radius 1 is 1.26 bits per heavy atom. The molecule has 0 atom stereocenters. The first-order valence-electron chi connectivity index (χ1n) is 6.52. The molecule has 122 valence electrons. The first kappa shape index (κ1) is 16.6. The smallest absolute Gasteiger partial charge is 0.416 e. The molecule has 0 saturated heterocycles. The molecule has 2 rings (SSSR count). The van der Waals surface area contributed by atoms with Gasteiger partial charge >= 0.3 is 6.18 Å². The summed E-state index contributed by atoms with van der Waals surface area (Å²) < 4.78 is 38.8. The molecule has 5 nitrogen and oxygen atoms in total. The Morgan fingerprint density at radius 2 is 1.87 bits per heavy atom. The Kier molecular flexibility index (Phi) is 4.44. The topological polar surface area (TPSA) is 71.3 Å². The largest absolute Gasteiger partial charge is 0.503 e. The number of aromatic hydroxyl groups is 1. The number of carbonyl (C=O) groups is 1. The van der Waals surface area contributed by atoms with Gasteiger partial charge in [0.1, 0.15) is 0 Å². The Balaban J connectivity index is 2.08. The molecule has 0 aliphatic heterocycles. The minimum absolute atomic E-state index is 0.00806. The molecule has 2 aromatic rings. The predicted molar refractivity (Wildman–Crippen MR) is 76.0 cm³/mol. The van der Waals surface area contributed by atoms with E-state index in [9.17, 15) is 27.9 Å². The number of aryl methyl sites for hydroxylation is 1.